The van der Waals surface area contributed by atoms with Crippen molar-refractivity contribution >= 4 is 44.1 Å². The van der Waals surface area contributed by atoms with Crippen LogP contribution in [0.2, 0.25) is 5.02 Å². The molecular formula is C20H18ClF3N2O3S2. The van der Waals surface area contributed by atoms with Gasteiger partial charge >= 0.3 is 6.18 Å². The molecule has 2 aliphatic rings. The molecule has 0 aromatic heterocycles. The highest BCUT2D eigenvalue weighted by Crippen LogP contribution is 2.41. The Kier molecular flexibility index (Phi) is 6.15. The number of amidine groups is 1. The third-order valence-corrected chi connectivity index (χ3v) is 7.92. The van der Waals surface area contributed by atoms with Crippen LogP contribution in [0.5, 0.6) is 5.75 Å². The number of halogens is 4. The first-order chi connectivity index (χ1) is 14.6. The van der Waals surface area contributed by atoms with Gasteiger partial charge in [-0.05, 0) is 30.3 Å². The highest BCUT2D eigenvalue weighted by atomic mass is 35.5. The zero-order valence-electron chi connectivity index (χ0n) is 16.0. The number of anilines is 1. The maximum Gasteiger partial charge on any atom is 0.416 e. The second-order valence-electron chi connectivity index (χ2n) is 7.17. The first kappa shape index (κ1) is 22.3. The van der Waals surface area contributed by atoms with Gasteiger partial charge in [-0.25, -0.2) is 8.42 Å². The summed E-state index contributed by atoms with van der Waals surface area (Å²) < 4.78 is 69.7. The first-order valence-electron chi connectivity index (χ1n) is 9.39. The van der Waals surface area contributed by atoms with Crippen LogP contribution in [0.25, 0.3) is 0 Å². The fourth-order valence-corrected chi connectivity index (χ4v) is 6.58. The summed E-state index contributed by atoms with van der Waals surface area (Å²) in [7, 11) is -3.33. The van der Waals surface area contributed by atoms with Crippen molar-refractivity contribution in [1.29, 1.82) is 0 Å². The van der Waals surface area contributed by atoms with E-state index in [1.54, 1.807) is 4.90 Å². The normalized spacial score (nSPS) is 22.3. The highest BCUT2D eigenvalue weighted by molar-refractivity contribution is 8.14. The summed E-state index contributed by atoms with van der Waals surface area (Å²) in [6.45, 7) is 0.353. The Bertz CT molecular complexity index is 1090. The number of fused-ring (bicyclic) bond motifs is 1. The summed E-state index contributed by atoms with van der Waals surface area (Å²) in [5.41, 5.74) is -0.746. The second-order valence-corrected chi connectivity index (χ2v) is 10.8. The van der Waals surface area contributed by atoms with Crippen LogP contribution in [0.4, 0.5) is 18.9 Å². The lowest BCUT2D eigenvalue weighted by Crippen LogP contribution is -2.39. The lowest BCUT2D eigenvalue weighted by Gasteiger charge is -2.28. The minimum absolute atomic E-state index is 0.104. The highest BCUT2D eigenvalue weighted by Gasteiger charge is 2.48. The third-order valence-electron chi connectivity index (χ3n) is 4.97. The summed E-state index contributed by atoms with van der Waals surface area (Å²) in [4.78, 5) is 6.05. The molecule has 0 aliphatic carbocycles. The number of thioether (sulfide) groups is 1. The summed E-state index contributed by atoms with van der Waals surface area (Å²) in [6.07, 6.45) is -4.55. The molecule has 11 heteroatoms. The molecule has 2 aromatic rings. The van der Waals surface area contributed by atoms with Crippen molar-refractivity contribution in [2.75, 3.05) is 28.8 Å². The zero-order chi connectivity index (χ0) is 22.2. The van der Waals surface area contributed by atoms with Gasteiger partial charge in [0, 0.05) is 5.75 Å². The molecule has 2 aromatic carbocycles. The van der Waals surface area contributed by atoms with Crippen molar-refractivity contribution in [1.82, 2.24) is 0 Å². The van der Waals surface area contributed by atoms with E-state index >= 15 is 0 Å². The number of alkyl halides is 3. The number of nitrogens with zero attached hydrogens (tertiary/aromatic N) is 2. The molecule has 5 nitrogen and oxygen atoms in total. The second kappa shape index (κ2) is 8.55. The predicted octanol–water partition coefficient (Wildman–Crippen LogP) is 4.51. The Hall–Kier alpha value is -1.91. The fraction of sp³-hybridized carbons (Fsp3) is 0.350. The van der Waals surface area contributed by atoms with Gasteiger partial charge in [-0.2, -0.15) is 13.2 Å². The summed E-state index contributed by atoms with van der Waals surface area (Å²) in [6, 6.07) is 11.1. The Balaban J connectivity index is 1.57. The fourth-order valence-electron chi connectivity index (χ4n) is 3.60. The lowest BCUT2D eigenvalue weighted by molar-refractivity contribution is -0.137. The van der Waals surface area contributed by atoms with E-state index < -0.39 is 33.7 Å². The number of sulfone groups is 1. The number of ether oxygens (including phenoxy) is 1. The van der Waals surface area contributed by atoms with Gasteiger partial charge in [0.25, 0.3) is 0 Å². The molecule has 0 spiro atoms. The topological polar surface area (TPSA) is 59.0 Å². The smallest absolute Gasteiger partial charge is 0.416 e. The Morgan fingerprint density at radius 3 is 2.61 bits per heavy atom. The van der Waals surface area contributed by atoms with E-state index in [9.17, 15) is 21.6 Å². The average molecular weight is 491 g/mol. The van der Waals surface area contributed by atoms with Crippen LogP contribution in [-0.2, 0) is 16.0 Å². The summed E-state index contributed by atoms with van der Waals surface area (Å²) in [5, 5.41) is 0.551. The van der Waals surface area contributed by atoms with Crippen LogP contribution in [0.15, 0.2) is 53.5 Å². The van der Waals surface area contributed by atoms with Crippen molar-refractivity contribution in [3.63, 3.8) is 0 Å². The molecule has 0 radical (unpaired) electrons. The van der Waals surface area contributed by atoms with E-state index in [1.165, 1.54) is 17.8 Å². The standard InChI is InChI=1S/C20H18ClF3N2O3S2/c21-15-7-6-13(20(22,23)24)10-17(15)26-18-12-31(27,28)11-16(18)25-19(26)30-9-8-29-14-4-2-1-3-5-14/h1-7,10,16,18H,8-9,11-12H2/t16-,18+/m0/s1. The Morgan fingerprint density at radius 2 is 1.90 bits per heavy atom. The minimum Gasteiger partial charge on any atom is -0.493 e. The quantitative estimate of drug-likeness (QED) is 0.577. The number of hydrogen-bond acceptors (Lipinski definition) is 6. The van der Waals surface area contributed by atoms with E-state index in [1.807, 2.05) is 30.3 Å². The molecule has 0 amide bonds. The van der Waals surface area contributed by atoms with Crippen LogP contribution >= 0.6 is 23.4 Å². The molecule has 2 aliphatic heterocycles. The first-order valence-corrected chi connectivity index (χ1v) is 12.6. The van der Waals surface area contributed by atoms with Crippen LogP contribution < -0.4 is 9.64 Å². The van der Waals surface area contributed by atoms with Gasteiger partial charge in [0.2, 0.25) is 0 Å². The maximum atomic E-state index is 13.3. The van der Waals surface area contributed by atoms with E-state index in [-0.39, 0.29) is 22.2 Å². The van der Waals surface area contributed by atoms with E-state index in [0.29, 0.717) is 23.3 Å². The predicted molar refractivity (Wildman–Crippen MR) is 117 cm³/mol. The number of para-hydroxylation sites is 1. The van der Waals surface area contributed by atoms with Gasteiger partial charge in [0.15, 0.2) is 15.0 Å². The molecule has 1 fully saturated rings. The third kappa shape index (κ3) is 4.96. The van der Waals surface area contributed by atoms with Crippen molar-refractivity contribution in [2.24, 2.45) is 4.99 Å². The molecule has 0 unspecified atom stereocenters. The number of rotatable bonds is 5. The van der Waals surface area contributed by atoms with E-state index in [0.717, 1.165) is 12.1 Å². The number of aliphatic imine (C=N–C) groups is 1. The molecule has 1 saturated heterocycles. The van der Waals surface area contributed by atoms with Gasteiger partial charge < -0.3 is 9.64 Å². The molecule has 0 N–H and O–H groups in total. The minimum atomic E-state index is -4.55. The molecule has 0 saturated carbocycles. The average Bonchev–Trinajstić information content (AvgIpc) is 3.17. The van der Waals surface area contributed by atoms with Gasteiger partial charge in [-0.1, -0.05) is 41.6 Å². The molecular weight excluding hydrogens is 473 g/mol. The monoisotopic (exact) mass is 490 g/mol. The zero-order valence-corrected chi connectivity index (χ0v) is 18.4. The SMILES string of the molecule is O=S1(=O)C[C@@H]2N=C(SCCOc3ccccc3)N(c3cc(C(F)(F)F)ccc3Cl)[C@@H]2C1. The largest absolute Gasteiger partial charge is 0.493 e. The summed E-state index contributed by atoms with van der Waals surface area (Å²) in [5.74, 6) is 0.873. The number of hydrogen-bond donors (Lipinski definition) is 0. The molecule has 2 heterocycles. The van der Waals surface area contributed by atoms with Crippen molar-refractivity contribution < 1.29 is 26.3 Å². The van der Waals surface area contributed by atoms with Crippen molar-refractivity contribution in [2.45, 2.75) is 18.3 Å². The van der Waals surface area contributed by atoms with Crippen molar-refractivity contribution in [3.8, 4) is 5.75 Å². The van der Waals surface area contributed by atoms with Gasteiger partial charge in [0.1, 0.15) is 5.75 Å². The summed E-state index contributed by atoms with van der Waals surface area (Å²) >= 11 is 7.55. The van der Waals surface area contributed by atoms with Crippen LogP contribution in [0.3, 0.4) is 0 Å². The van der Waals surface area contributed by atoms with Gasteiger partial charge in [-0.15, -0.1) is 0 Å². The van der Waals surface area contributed by atoms with E-state index in [2.05, 4.69) is 4.99 Å². The van der Waals surface area contributed by atoms with Gasteiger partial charge in [-0.3, -0.25) is 4.99 Å². The Labute approximate surface area is 187 Å². The Morgan fingerprint density at radius 1 is 1.16 bits per heavy atom. The van der Waals surface area contributed by atoms with Crippen LogP contribution in [0.1, 0.15) is 5.56 Å². The molecule has 4 rings (SSSR count). The maximum absolute atomic E-state index is 13.3. The van der Waals surface area contributed by atoms with Crippen molar-refractivity contribution in [3.05, 3.63) is 59.1 Å². The molecule has 166 valence electrons. The van der Waals surface area contributed by atoms with Crippen LogP contribution in [0, 0.1) is 0 Å². The van der Waals surface area contributed by atoms with E-state index in [4.69, 9.17) is 16.3 Å². The molecule has 2 atom stereocenters. The lowest BCUT2D eigenvalue weighted by atomic mass is 10.1. The number of benzene rings is 2. The molecule has 31 heavy (non-hydrogen) atoms. The van der Waals surface area contributed by atoms with Gasteiger partial charge in [0.05, 0.1) is 46.5 Å². The molecule has 0 bridgehead atoms. The van der Waals surface area contributed by atoms with Crippen LogP contribution in [-0.4, -0.2) is 49.5 Å².